The van der Waals surface area contributed by atoms with Gasteiger partial charge in [-0.2, -0.15) is 0 Å². The number of aromatic nitrogens is 2. The molecule has 0 aliphatic rings. The molecule has 0 saturated heterocycles. The summed E-state index contributed by atoms with van der Waals surface area (Å²) in [7, 11) is 1.59. The van der Waals surface area contributed by atoms with E-state index in [9.17, 15) is 9.18 Å². The number of ether oxygens (including phenoxy) is 1. The molecule has 0 fully saturated rings. The van der Waals surface area contributed by atoms with Crippen LogP contribution in [-0.4, -0.2) is 47.3 Å². The van der Waals surface area contributed by atoms with Crippen LogP contribution in [0.3, 0.4) is 0 Å². The fraction of sp³-hybridized carbons (Fsp3) is 0.400. The molecule has 2 aromatic rings. The van der Waals surface area contributed by atoms with Gasteiger partial charge >= 0.3 is 0 Å². The molecule has 1 aromatic heterocycles. The van der Waals surface area contributed by atoms with E-state index in [0.29, 0.717) is 30.4 Å². The van der Waals surface area contributed by atoms with E-state index in [1.54, 1.807) is 37.7 Å². The molecule has 0 bridgehead atoms. The second-order valence-corrected chi connectivity index (χ2v) is 5.80. The third-order valence-corrected chi connectivity index (χ3v) is 4.04. The minimum absolute atomic E-state index is 0.214. The Hall–Kier alpha value is -1.90. The maximum Gasteiger partial charge on any atom is 0.243 e. The third-order valence-electron chi connectivity index (χ3n) is 3.43. The molecule has 2 rings (SSSR count). The van der Waals surface area contributed by atoms with Crippen LogP contribution in [0.15, 0.2) is 29.8 Å². The number of benzene rings is 1. The fourth-order valence-electron chi connectivity index (χ4n) is 2.07. The Morgan fingerprint density at radius 2 is 2.26 bits per heavy atom. The zero-order valence-corrected chi connectivity index (χ0v) is 13.8. The summed E-state index contributed by atoms with van der Waals surface area (Å²) in [4.78, 5) is 14.2. The van der Waals surface area contributed by atoms with Crippen LogP contribution < -0.4 is 5.32 Å². The van der Waals surface area contributed by atoms with Crippen LogP contribution in [0.25, 0.3) is 0 Å². The highest BCUT2D eigenvalue weighted by Gasteiger charge is 2.23. The summed E-state index contributed by atoms with van der Waals surface area (Å²) in [6.45, 7) is 3.05. The van der Waals surface area contributed by atoms with Crippen molar-refractivity contribution < 1.29 is 13.9 Å². The number of rotatable bonds is 8. The SMILES string of the molecule is COCCN(Cc1ccccc1F)[C@@H](C)C(=O)Nc1nncs1. The monoisotopic (exact) mass is 338 g/mol. The summed E-state index contributed by atoms with van der Waals surface area (Å²) >= 11 is 1.25. The van der Waals surface area contributed by atoms with Gasteiger partial charge in [-0.15, -0.1) is 10.2 Å². The lowest BCUT2D eigenvalue weighted by Gasteiger charge is -2.27. The lowest BCUT2D eigenvalue weighted by atomic mass is 10.1. The Morgan fingerprint density at radius 3 is 2.91 bits per heavy atom. The van der Waals surface area contributed by atoms with Gasteiger partial charge in [0.25, 0.3) is 0 Å². The lowest BCUT2D eigenvalue weighted by molar-refractivity contribution is -0.121. The normalized spacial score (nSPS) is 12.3. The van der Waals surface area contributed by atoms with E-state index >= 15 is 0 Å². The molecule has 6 nitrogen and oxygen atoms in total. The van der Waals surface area contributed by atoms with Crippen LogP contribution >= 0.6 is 11.3 Å². The van der Waals surface area contributed by atoms with E-state index < -0.39 is 6.04 Å². The van der Waals surface area contributed by atoms with Crippen molar-refractivity contribution in [2.24, 2.45) is 0 Å². The van der Waals surface area contributed by atoms with Gasteiger partial charge in [-0.05, 0) is 13.0 Å². The number of carbonyl (C=O) groups excluding carboxylic acids is 1. The number of amides is 1. The Balaban J connectivity index is 2.06. The molecular weight excluding hydrogens is 319 g/mol. The van der Waals surface area contributed by atoms with Gasteiger partial charge in [0.05, 0.1) is 12.6 Å². The molecule has 0 aliphatic heterocycles. The van der Waals surface area contributed by atoms with E-state index in [2.05, 4.69) is 15.5 Å². The topological polar surface area (TPSA) is 67.3 Å². The number of halogens is 1. The van der Waals surface area contributed by atoms with E-state index in [4.69, 9.17) is 4.74 Å². The molecule has 0 aliphatic carbocycles. The lowest BCUT2D eigenvalue weighted by Crippen LogP contribution is -2.43. The first kappa shape index (κ1) is 17.5. The van der Waals surface area contributed by atoms with Crippen molar-refractivity contribution in [1.29, 1.82) is 0 Å². The summed E-state index contributed by atoms with van der Waals surface area (Å²) in [6, 6.07) is 6.08. The molecule has 0 unspecified atom stereocenters. The smallest absolute Gasteiger partial charge is 0.243 e. The van der Waals surface area contributed by atoms with Crippen molar-refractivity contribution in [3.05, 3.63) is 41.2 Å². The quantitative estimate of drug-likeness (QED) is 0.799. The van der Waals surface area contributed by atoms with Gasteiger partial charge in [-0.25, -0.2) is 4.39 Å². The minimum atomic E-state index is -0.464. The zero-order chi connectivity index (χ0) is 16.7. The number of nitrogens with one attached hydrogen (secondary N) is 1. The molecule has 1 N–H and O–H groups in total. The number of carbonyl (C=O) groups is 1. The van der Waals surface area contributed by atoms with Crippen molar-refractivity contribution in [2.75, 3.05) is 25.6 Å². The van der Waals surface area contributed by atoms with Crippen molar-refractivity contribution in [2.45, 2.75) is 19.5 Å². The van der Waals surface area contributed by atoms with E-state index in [0.717, 1.165) is 0 Å². The highest BCUT2D eigenvalue weighted by atomic mass is 32.1. The Bertz CT molecular complexity index is 624. The molecule has 0 saturated carbocycles. The van der Waals surface area contributed by atoms with E-state index in [1.165, 1.54) is 17.4 Å². The molecule has 23 heavy (non-hydrogen) atoms. The molecular formula is C15H19FN4O2S. The maximum atomic E-state index is 13.9. The van der Waals surface area contributed by atoms with Crippen LogP contribution in [0.5, 0.6) is 0 Å². The van der Waals surface area contributed by atoms with Gasteiger partial charge in [-0.3, -0.25) is 15.0 Å². The predicted octanol–water partition coefficient (Wildman–Crippen LogP) is 2.15. The summed E-state index contributed by atoms with van der Waals surface area (Å²) in [6.07, 6.45) is 0. The number of hydrogen-bond acceptors (Lipinski definition) is 6. The highest BCUT2D eigenvalue weighted by Crippen LogP contribution is 2.14. The third kappa shape index (κ3) is 5.05. The Labute approximate surface area is 138 Å². The molecule has 8 heteroatoms. The van der Waals surface area contributed by atoms with Crippen molar-refractivity contribution in [1.82, 2.24) is 15.1 Å². The predicted molar refractivity (Wildman–Crippen MR) is 86.7 cm³/mol. The first-order valence-electron chi connectivity index (χ1n) is 7.15. The molecule has 1 aromatic carbocycles. The molecule has 124 valence electrons. The Morgan fingerprint density at radius 1 is 1.48 bits per heavy atom. The first-order valence-corrected chi connectivity index (χ1v) is 8.03. The second kappa shape index (κ2) is 8.66. The van der Waals surface area contributed by atoms with Gasteiger partial charge in [0.1, 0.15) is 11.3 Å². The van der Waals surface area contributed by atoms with Crippen LogP contribution in [0.4, 0.5) is 9.52 Å². The van der Waals surface area contributed by atoms with Crippen LogP contribution in [0, 0.1) is 5.82 Å². The van der Waals surface area contributed by atoms with Gasteiger partial charge in [0.15, 0.2) is 0 Å². The summed E-state index contributed by atoms with van der Waals surface area (Å²) in [5, 5.41) is 10.6. The molecule has 0 spiro atoms. The molecule has 0 radical (unpaired) electrons. The van der Waals surface area contributed by atoms with Crippen LogP contribution in [-0.2, 0) is 16.1 Å². The van der Waals surface area contributed by atoms with Crippen LogP contribution in [0.1, 0.15) is 12.5 Å². The maximum absolute atomic E-state index is 13.9. The number of anilines is 1. The molecule has 1 heterocycles. The van der Waals surface area contributed by atoms with Crippen molar-refractivity contribution >= 4 is 22.4 Å². The standard InChI is InChI=1S/C15H19FN4O2S/c1-11(14(21)18-15-19-17-10-23-15)20(7-8-22-2)9-12-5-3-4-6-13(12)16/h3-6,10-11H,7-9H2,1-2H3,(H,18,19,21)/t11-/m0/s1. The first-order chi connectivity index (χ1) is 11.1. The molecule has 1 amide bonds. The largest absolute Gasteiger partial charge is 0.383 e. The Kier molecular flexibility index (Phi) is 6.57. The van der Waals surface area contributed by atoms with Crippen molar-refractivity contribution in [3.63, 3.8) is 0 Å². The fourth-order valence-corrected chi connectivity index (χ4v) is 2.51. The average Bonchev–Trinajstić information content (AvgIpc) is 3.05. The highest BCUT2D eigenvalue weighted by molar-refractivity contribution is 7.13. The van der Waals surface area contributed by atoms with Gasteiger partial charge in [-0.1, -0.05) is 29.5 Å². The van der Waals surface area contributed by atoms with Gasteiger partial charge in [0, 0.05) is 25.8 Å². The minimum Gasteiger partial charge on any atom is -0.383 e. The number of methoxy groups -OCH3 is 1. The second-order valence-electron chi connectivity index (χ2n) is 4.96. The number of nitrogens with zero attached hydrogens (tertiary/aromatic N) is 3. The summed E-state index contributed by atoms with van der Waals surface area (Å²) < 4.78 is 19.0. The summed E-state index contributed by atoms with van der Waals surface area (Å²) in [5.74, 6) is -0.499. The van der Waals surface area contributed by atoms with Gasteiger partial charge in [0.2, 0.25) is 11.0 Å². The van der Waals surface area contributed by atoms with E-state index in [1.807, 2.05) is 4.90 Å². The van der Waals surface area contributed by atoms with Crippen molar-refractivity contribution in [3.8, 4) is 0 Å². The number of hydrogen-bond donors (Lipinski definition) is 1. The van der Waals surface area contributed by atoms with Gasteiger partial charge < -0.3 is 4.74 Å². The summed E-state index contributed by atoms with van der Waals surface area (Å²) in [5.41, 5.74) is 2.08. The zero-order valence-electron chi connectivity index (χ0n) is 13.0. The molecule has 1 atom stereocenters. The van der Waals surface area contributed by atoms with E-state index in [-0.39, 0.29) is 11.7 Å². The average molecular weight is 338 g/mol. The van der Waals surface area contributed by atoms with Crippen LogP contribution in [0.2, 0.25) is 0 Å².